The molecule has 0 atom stereocenters. The van der Waals surface area contributed by atoms with Crippen molar-refractivity contribution in [2.45, 2.75) is 11.8 Å². The lowest BCUT2D eigenvalue weighted by atomic mass is 10.2. The van der Waals surface area contributed by atoms with Crippen LogP contribution in [0.2, 0.25) is 0 Å². The number of methoxy groups -OCH3 is 3. The Morgan fingerprint density at radius 2 is 1.77 bits per heavy atom. The zero-order chi connectivity index (χ0) is 22.3. The van der Waals surface area contributed by atoms with E-state index in [1.807, 2.05) is 0 Å². The van der Waals surface area contributed by atoms with E-state index in [2.05, 4.69) is 10.5 Å². The van der Waals surface area contributed by atoms with Crippen LogP contribution in [0.1, 0.15) is 11.1 Å². The maximum atomic E-state index is 12.7. The van der Waals surface area contributed by atoms with Crippen molar-refractivity contribution >= 4 is 22.1 Å². The Labute approximate surface area is 176 Å². The number of amides is 1. The zero-order valence-corrected chi connectivity index (χ0v) is 18.3. The summed E-state index contributed by atoms with van der Waals surface area (Å²) in [5.74, 6) is 1.13. The van der Waals surface area contributed by atoms with E-state index in [1.165, 1.54) is 39.6 Å². The number of nitrogens with one attached hydrogen (secondary N) is 1. The monoisotopic (exact) mass is 435 g/mol. The number of carbonyl (C=O) groups excluding carboxylic acids is 1. The van der Waals surface area contributed by atoms with Crippen LogP contribution in [-0.4, -0.2) is 59.8 Å². The summed E-state index contributed by atoms with van der Waals surface area (Å²) < 4.78 is 41.9. The van der Waals surface area contributed by atoms with Crippen molar-refractivity contribution in [2.75, 3.05) is 34.9 Å². The number of hydrogen-bond donors (Lipinski definition) is 1. The molecule has 2 rings (SSSR count). The van der Waals surface area contributed by atoms with Gasteiger partial charge in [-0.2, -0.15) is 9.41 Å². The van der Waals surface area contributed by atoms with Crippen LogP contribution in [0.15, 0.2) is 46.4 Å². The van der Waals surface area contributed by atoms with Crippen LogP contribution in [0.25, 0.3) is 0 Å². The molecule has 9 nitrogen and oxygen atoms in total. The average molecular weight is 436 g/mol. The van der Waals surface area contributed by atoms with Gasteiger partial charge in [-0.05, 0) is 42.8 Å². The second-order valence-electron chi connectivity index (χ2n) is 6.29. The highest BCUT2D eigenvalue weighted by molar-refractivity contribution is 7.89. The highest BCUT2D eigenvalue weighted by Crippen LogP contribution is 2.24. The Bertz CT molecular complexity index is 1040. The SMILES string of the molecule is COc1ccc(C=NNC(=O)CN(C)S(=O)(=O)c2ccc(OC)c(C)c2)c(OC)c1. The smallest absolute Gasteiger partial charge is 0.255 e. The molecule has 0 saturated heterocycles. The molecule has 0 aliphatic carbocycles. The Kier molecular flexibility index (Phi) is 7.79. The Hall–Kier alpha value is -3.11. The predicted molar refractivity (Wildman–Crippen MR) is 113 cm³/mol. The number of sulfonamides is 1. The summed E-state index contributed by atoms with van der Waals surface area (Å²) in [5.41, 5.74) is 3.61. The fraction of sp³-hybridized carbons (Fsp3) is 0.300. The first-order valence-corrected chi connectivity index (χ1v) is 10.3. The molecule has 1 amide bonds. The molecule has 0 radical (unpaired) electrons. The van der Waals surface area contributed by atoms with Gasteiger partial charge in [0.1, 0.15) is 17.2 Å². The first-order valence-electron chi connectivity index (χ1n) is 8.87. The molecule has 2 aromatic carbocycles. The van der Waals surface area contributed by atoms with Gasteiger partial charge < -0.3 is 14.2 Å². The molecule has 0 fully saturated rings. The molecule has 0 aliphatic heterocycles. The molecule has 10 heteroatoms. The average Bonchev–Trinajstić information content (AvgIpc) is 2.73. The second kappa shape index (κ2) is 10.1. The number of hydrogen-bond acceptors (Lipinski definition) is 7. The molecule has 0 aromatic heterocycles. The highest BCUT2D eigenvalue weighted by Gasteiger charge is 2.23. The number of ether oxygens (including phenoxy) is 3. The summed E-state index contributed by atoms with van der Waals surface area (Å²) in [7, 11) is 2.03. The minimum absolute atomic E-state index is 0.0718. The Morgan fingerprint density at radius 1 is 1.07 bits per heavy atom. The van der Waals surface area contributed by atoms with Gasteiger partial charge in [0.2, 0.25) is 10.0 Å². The largest absolute Gasteiger partial charge is 0.497 e. The maximum Gasteiger partial charge on any atom is 0.255 e. The van der Waals surface area contributed by atoms with E-state index in [4.69, 9.17) is 14.2 Å². The lowest BCUT2D eigenvalue weighted by Gasteiger charge is -2.17. The number of nitrogens with zero attached hydrogens (tertiary/aromatic N) is 2. The van der Waals surface area contributed by atoms with Crippen molar-refractivity contribution in [3.63, 3.8) is 0 Å². The number of likely N-dealkylation sites (N-methyl/N-ethyl adjacent to an activating group) is 1. The van der Waals surface area contributed by atoms with Crippen molar-refractivity contribution in [1.29, 1.82) is 0 Å². The molecule has 0 aliphatic rings. The van der Waals surface area contributed by atoms with Crippen LogP contribution in [0.5, 0.6) is 17.2 Å². The van der Waals surface area contributed by atoms with Gasteiger partial charge in [-0.15, -0.1) is 0 Å². The highest BCUT2D eigenvalue weighted by atomic mass is 32.2. The van der Waals surface area contributed by atoms with Gasteiger partial charge in [0.15, 0.2) is 0 Å². The van der Waals surface area contributed by atoms with Crippen molar-refractivity contribution in [3.05, 3.63) is 47.5 Å². The molecule has 0 heterocycles. The lowest BCUT2D eigenvalue weighted by molar-refractivity contribution is -0.121. The van der Waals surface area contributed by atoms with Gasteiger partial charge in [-0.3, -0.25) is 4.79 Å². The van der Waals surface area contributed by atoms with E-state index in [-0.39, 0.29) is 4.90 Å². The number of carbonyl (C=O) groups is 1. The van der Waals surface area contributed by atoms with Crippen molar-refractivity contribution in [3.8, 4) is 17.2 Å². The van der Waals surface area contributed by atoms with Crippen molar-refractivity contribution in [1.82, 2.24) is 9.73 Å². The number of aryl methyl sites for hydroxylation is 1. The molecule has 162 valence electrons. The summed E-state index contributed by atoms with van der Waals surface area (Å²) >= 11 is 0. The van der Waals surface area contributed by atoms with Crippen LogP contribution >= 0.6 is 0 Å². The minimum Gasteiger partial charge on any atom is -0.497 e. The first kappa shape index (κ1) is 23.2. The first-order chi connectivity index (χ1) is 14.2. The maximum absolute atomic E-state index is 12.7. The van der Waals surface area contributed by atoms with Crippen molar-refractivity contribution in [2.24, 2.45) is 5.10 Å². The number of hydrazone groups is 1. The third-order valence-corrected chi connectivity index (χ3v) is 6.07. The standard InChI is InChI=1S/C20H25N3O6S/c1-14-10-17(8-9-18(14)28-4)30(25,26)23(2)13-20(24)22-21-12-15-6-7-16(27-3)11-19(15)29-5/h6-12H,13H2,1-5H3,(H,22,24). The van der Waals surface area contributed by atoms with Crippen molar-refractivity contribution < 1.29 is 27.4 Å². The van der Waals surface area contributed by atoms with Crippen LogP contribution in [0.4, 0.5) is 0 Å². The lowest BCUT2D eigenvalue weighted by Crippen LogP contribution is -2.36. The third-order valence-electron chi connectivity index (χ3n) is 4.27. The van der Waals surface area contributed by atoms with Gasteiger partial charge in [0, 0.05) is 18.7 Å². The van der Waals surface area contributed by atoms with Crippen LogP contribution < -0.4 is 19.6 Å². The van der Waals surface area contributed by atoms with E-state index in [0.29, 0.717) is 28.4 Å². The molecule has 30 heavy (non-hydrogen) atoms. The van der Waals surface area contributed by atoms with Crippen LogP contribution in [-0.2, 0) is 14.8 Å². The van der Waals surface area contributed by atoms with Gasteiger partial charge in [-0.25, -0.2) is 13.8 Å². The summed E-state index contributed by atoms with van der Waals surface area (Å²) in [4.78, 5) is 12.2. The number of rotatable bonds is 9. The molecule has 1 N–H and O–H groups in total. The summed E-state index contributed by atoms with van der Waals surface area (Å²) in [5, 5.41) is 3.87. The molecular weight excluding hydrogens is 410 g/mol. The fourth-order valence-electron chi connectivity index (χ4n) is 2.61. The predicted octanol–water partition coefficient (Wildman–Crippen LogP) is 1.79. The summed E-state index contributed by atoms with van der Waals surface area (Å²) in [6.07, 6.45) is 1.40. The number of benzene rings is 2. The molecule has 0 spiro atoms. The van der Waals surface area contributed by atoms with E-state index in [0.717, 1.165) is 4.31 Å². The quantitative estimate of drug-likeness (QED) is 0.475. The van der Waals surface area contributed by atoms with Gasteiger partial charge in [0.25, 0.3) is 5.91 Å². The normalized spacial score (nSPS) is 11.5. The van der Waals surface area contributed by atoms with Gasteiger partial charge >= 0.3 is 0 Å². The van der Waals surface area contributed by atoms with Gasteiger partial charge in [-0.1, -0.05) is 0 Å². The third kappa shape index (κ3) is 5.49. The molecular formula is C20H25N3O6S. The topological polar surface area (TPSA) is 107 Å². The van der Waals surface area contributed by atoms with E-state index >= 15 is 0 Å². The zero-order valence-electron chi connectivity index (χ0n) is 17.5. The summed E-state index contributed by atoms with van der Waals surface area (Å²) in [6.45, 7) is 1.34. The minimum atomic E-state index is -3.85. The molecule has 0 unspecified atom stereocenters. The Morgan fingerprint density at radius 3 is 2.37 bits per heavy atom. The Balaban J connectivity index is 2.03. The van der Waals surface area contributed by atoms with Crippen LogP contribution in [0.3, 0.4) is 0 Å². The molecule has 2 aromatic rings. The second-order valence-corrected chi connectivity index (χ2v) is 8.34. The van der Waals surface area contributed by atoms with E-state index < -0.39 is 22.5 Å². The van der Waals surface area contributed by atoms with E-state index in [1.54, 1.807) is 38.3 Å². The van der Waals surface area contributed by atoms with Crippen LogP contribution in [0, 0.1) is 6.92 Å². The fourth-order valence-corrected chi connectivity index (χ4v) is 3.83. The molecule has 0 bridgehead atoms. The summed E-state index contributed by atoms with van der Waals surface area (Å²) in [6, 6.07) is 9.63. The molecule has 0 saturated carbocycles. The van der Waals surface area contributed by atoms with Gasteiger partial charge in [0.05, 0.1) is 39.0 Å². The van der Waals surface area contributed by atoms with E-state index in [9.17, 15) is 13.2 Å².